The van der Waals surface area contributed by atoms with Crippen LogP contribution in [-0.2, 0) is 15.6 Å². The lowest BCUT2D eigenvalue weighted by Gasteiger charge is -2.49. The van der Waals surface area contributed by atoms with Crippen LogP contribution in [0.25, 0.3) is 0 Å². The molecule has 0 aromatic heterocycles. The average molecular weight is 484 g/mol. The molecule has 2 aromatic carbocycles. The number of hydrogen-bond donors (Lipinski definition) is 1. The van der Waals surface area contributed by atoms with E-state index in [0.29, 0.717) is 5.69 Å². The van der Waals surface area contributed by atoms with Gasteiger partial charge in [-0.3, -0.25) is 0 Å². The molecule has 2 saturated carbocycles. The highest BCUT2D eigenvalue weighted by Crippen LogP contribution is 2.45. The maximum Gasteiger partial charge on any atom is 0.240 e. The molecule has 2 aromatic rings. The van der Waals surface area contributed by atoms with Gasteiger partial charge in [0, 0.05) is 11.7 Å². The number of amides is 1. The smallest absolute Gasteiger partial charge is 0.240 e. The van der Waals surface area contributed by atoms with Crippen LogP contribution in [0.1, 0.15) is 76.7 Å². The normalized spacial score (nSPS) is 19.9. The molecule has 0 heterocycles. The summed E-state index contributed by atoms with van der Waals surface area (Å²) in [5, 5.41) is 12.6. The molecular weight excluding hydrogens is 448 g/mol. The summed E-state index contributed by atoms with van der Waals surface area (Å²) >= 11 is 0. The number of nitrogens with zero attached hydrogens (tertiary/aromatic N) is 1. The zero-order valence-corrected chi connectivity index (χ0v) is 20.7. The SMILES string of the molecule is CC(c1ccccc1)(C1CCCCC1)N(C(=O)[O-])c1ccc(S(=O)(=O)NC2CCCCC2)cc1. The molecule has 0 radical (unpaired) electrons. The molecule has 0 bridgehead atoms. The Morgan fingerprint density at radius 2 is 1.44 bits per heavy atom. The average Bonchev–Trinajstić information content (AvgIpc) is 2.85. The van der Waals surface area contributed by atoms with Gasteiger partial charge in [-0.1, -0.05) is 68.9 Å². The van der Waals surface area contributed by atoms with Gasteiger partial charge in [0.15, 0.2) is 0 Å². The van der Waals surface area contributed by atoms with Crippen molar-refractivity contribution in [2.75, 3.05) is 4.90 Å². The van der Waals surface area contributed by atoms with Gasteiger partial charge in [-0.2, -0.15) is 0 Å². The van der Waals surface area contributed by atoms with Gasteiger partial charge in [-0.15, -0.1) is 0 Å². The molecule has 1 N–H and O–H groups in total. The van der Waals surface area contributed by atoms with Crippen LogP contribution in [0.3, 0.4) is 0 Å². The number of sulfonamides is 1. The Kier molecular flexibility index (Phi) is 7.63. The Balaban J connectivity index is 1.67. The third-order valence-corrected chi connectivity index (χ3v) is 9.27. The molecule has 1 atom stereocenters. The lowest BCUT2D eigenvalue weighted by molar-refractivity contribution is -0.248. The highest BCUT2D eigenvalue weighted by molar-refractivity contribution is 7.89. The van der Waals surface area contributed by atoms with Gasteiger partial charge in [0.25, 0.3) is 0 Å². The second-order valence-corrected chi connectivity index (χ2v) is 11.6. The van der Waals surface area contributed by atoms with Crippen molar-refractivity contribution in [3.05, 3.63) is 60.2 Å². The minimum absolute atomic E-state index is 0.0363. The third kappa shape index (κ3) is 5.15. The van der Waals surface area contributed by atoms with Crippen LogP contribution in [0, 0.1) is 5.92 Å². The van der Waals surface area contributed by atoms with Crippen LogP contribution in [0.15, 0.2) is 59.5 Å². The Bertz CT molecular complexity index is 1060. The minimum atomic E-state index is -3.66. The van der Waals surface area contributed by atoms with Crippen LogP contribution >= 0.6 is 0 Å². The Hall–Kier alpha value is -2.38. The van der Waals surface area contributed by atoms with Gasteiger partial charge < -0.3 is 14.8 Å². The van der Waals surface area contributed by atoms with Crippen molar-refractivity contribution in [1.82, 2.24) is 4.72 Å². The van der Waals surface area contributed by atoms with Gasteiger partial charge in [-0.05, 0) is 68.4 Å². The second-order valence-electron chi connectivity index (χ2n) is 9.90. The molecule has 0 saturated heterocycles. The minimum Gasteiger partial charge on any atom is -0.530 e. The van der Waals surface area contributed by atoms with E-state index in [-0.39, 0.29) is 16.9 Å². The van der Waals surface area contributed by atoms with E-state index < -0.39 is 21.7 Å². The molecule has 34 heavy (non-hydrogen) atoms. The molecule has 7 heteroatoms. The predicted octanol–water partition coefficient (Wildman–Crippen LogP) is 4.94. The standard InChI is InChI=1S/C27H36N2O4S/c1-27(21-11-5-2-6-12-21,22-13-7-3-8-14-22)29(26(30)31)24-17-19-25(20-18-24)34(32,33)28-23-15-9-4-10-16-23/h2,5-6,11-12,17-20,22-23,28H,3-4,7-10,13-16H2,1H3,(H,30,31)/p-1. The molecule has 4 rings (SSSR count). The van der Waals surface area contributed by atoms with Gasteiger partial charge in [0.1, 0.15) is 6.09 Å². The maximum absolute atomic E-state index is 12.9. The van der Waals surface area contributed by atoms with E-state index in [1.54, 1.807) is 12.1 Å². The first-order chi connectivity index (χ1) is 16.3. The van der Waals surface area contributed by atoms with Crippen molar-refractivity contribution in [3.8, 4) is 0 Å². The number of carboxylic acid groups (broad SMARTS) is 1. The number of hydrogen-bond acceptors (Lipinski definition) is 4. The van der Waals surface area contributed by atoms with Crippen LogP contribution in [-0.4, -0.2) is 20.6 Å². The van der Waals surface area contributed by atoms with Crippen LogP contribution in [0.2, 0.25) is 0 Å². The third-order valence-electron chi connectivity index (χ3n) is 7.74. The molecule has 2 aliphatic carbocycles. The summed E-state index contributed by atoms with van der Waals surface area (Å²) in [7, 11) is -3.66. The van der Waals surface area contributed by atoms with Crippen molar-refractivity contribution >= 4 is 21.8 Å². The molecule has 184 valence electrons. The van der Waals surface area contributed by atoms with Crippen LogP contribution in [0.5, 0.6) is 0 Å². The fourth-order valence-corrected chi connectivity index (χ4v) is 7.14. The quantitative estimate of drug-likeness (QED) is 0.604. The Morgan fingerprint density at radius 3 is 2.00 bits per heavy atom. The number of carbonyl (C=O) groups is 1. The van der Waals surface area contributed by atoms with Crippen molar-refractivity contribution in [3.63, 3.8) is 0 Å². The van der Waals surface area contributed by atoms with Gasteiger partial charge in [0.2, 0.25) is 10.0 Å². The van der Waals surface area contributed by atoms with Crippen molar-refractivity contribution in [1.29, 1.82) is 0 Å². The zero-order chi connectivity index (χ0) is 24.2. The van der Waals surface area contributed by atoms with E-state index in [1.165, 1.54) is 17.0 Å². The van der Waals surface area contributed by atoms with Gasteiger partial charge >= 0.3 is 0 Å². The fraction of sp³-hybridized carbons (Fsp3) is 0.519. The van der Waals surface area contributed by atoms with Crippen LogP contribution < -0.4 is 14.7 Å². The highest BCUT2D eigenvalue weighted by Gasteiger charge is 2.42. The molecule has 2 aliphatic rings. The van der Waals surface area contributed by atoms with Gasteiger partial charge in [0.05, 0.1) is 10.4 Å². The highest BCUT2D eigenvalue weighted by atomic mass is 32.2. The van der Waals surface area contributed by atoms with E-state index in [4.69, 9.17) is 0 Å². The van der Waals surface area contributed by atoms with Crippen molar-refractivity contribution in [2.24, 2.45) is 5.92 Å². The van der Waals surface area contributed by atoms with Crippen molar-refractivity contribution < 1.29 is 18.3 Å². The first-order valence-electron chi connectivity index (χ1n) is 12.5. The Labute approximate surface area is 203 Å². The molecule has 1 amide bonds. The maximum atomic E-state index is 12.9. The monoisotopic (exact) mass is 483 g/mol. The first-order valence-corrected chi connectivity index (χ1v) is 14.0. The van der Waals surface area contributed by atoms with E-state index in [0.717, 1.165) is 69.8 Å². The van der Waals surface area contributed by atoms with E-state index in [9.17, 15) is 18.3 Å². The lowest BCUT2D eigenvalue weighted by Crippen LogP contribution is -2.57. The number of rotatable bonds is 7. The summed E-state index contributed by atoms with van der Waals surface area (Å²) in [5.41, 5.74) is 0.525. The van der Waals surface area contributed by atoms with E-state index in [1.807, 2.05) is 37.3 Å². The largest absolute Gasteiger partial charge is 0.530 e. The van der Waals surface area contributed by atoms with Crippen LogP contribution in [0.4, 0.5) is 10.5 Å². The number of anilines is 1. The molecule has 6 nitrogen and oxygen atoms in total. The molecular formula is C27H35N2O4S-. The summed E-state index contributed by atoms with van der Waals surface area (Å²) in [4.78, 5) is 14.1. The summed E-state index contributed by atoms with van der Waals surface area (Å²) in [6.07, 6.45) is 8.81. The molecule has 2 fully saturated rings. The Morgan fingerprint density at radius 1 is 0.882 bits per heavy atom. The number of carbonyl (C=O) groups excluding carboxylic acids is 1. The fourth-order valence-electron chi connectivity index (χ4n) is 5.83. The number of benzene rings is 2. The van der Waals surface area contributed by atoms with E-state index in [2.05, 4.69) is 4.72 Å². The molecule has 0 aliphatic heterocycles. The molecule has 0 spiro atoms. The summed E-state index contributed by atoms with van der Waals surface area (Å²) in [6.45, 7) is 1.98. The van der Waals surface area contributed by atoms with Gasteiger partial charge in [-0.25, -0.2) is 13.1 Å². The lowest BCUT2D eigenvalue weighted by atomic mass is 9.71. The second kappa shape index (κ2) is 10.5. The summed E-state index contributed by atoms with van der Waals surface area (Å²) in [6, 6.07) is 15.9. The summed E-state index contributed by atoms with van der Waals surface area (Å²) < 4.78 is 28.7. The molecule has 1 unspecified atom stereocenters. The van der Waals surface area contributed by atoms with Crippen molar-refractivity contribution in [2.45, 2.75) is 87.6 Å². The topological polar surface area (TPSA) is 89.5 Å². The number of nitrogens with one attached hydrogen (secondary N) is 1. The predicted molar refractivity (Wildman–Crippen MR) is 132 cm³/mol. The van der Waals surface area contributed by atoms with E-state index >= 15 is 0 Å². The first kappa shape index (κ1) is 24.7. The zero-order valence-electron chi connectivity index (χ0n) is 19.9. The summed E-state index contributed by atoms with van der Waals surface area (Å²) in [5.74, 6) is 0.137.